The van der Waals surface area contributed by atoms with Crippen molar-refractivity contribution in [3.05, 3.63) is 65.9 Å². The lowest BCUT2D eigenvalue weighted by atomic mass is 9.98. The average Bonchev–Trinajstić information content (AvgIpc) is 3.36. The monoisotopic (exact) mass is 428 g/mol. The molecule has 6 nitrogen and oxygen atoms in total. The van der Waals surface area contributed by atoms with Crippen molar-refractivity contribution in [3.8, 4) is 5.75 Å². The molecule has 0 saturated carbocycles. The third kappa shape index (κ3) is 4.79. The number of benzene rings is 2. The molecule has 3 aromatic rings. The minimum absolute atomic E-state index is 0.266. The van der Waals surface area contributed by atoms with Crippen molar-refractivity contribution in [2.45, 2.75) is 32.7 Å². The fourth-order valence-electron chi connectivity index (χ4n) is 4.11. The van der Waals surface area contributed by atoms with Crippen LogP contribution in [-0.4, -0.2) is 36.2 Å². The number of aromatic amines is 1. The van der Waals surface area contributed by atoms with E-state index in [1.54, 1.807) is 19.9 Å². The van der Waals surface area contributed by atoms with E-state index < -0.39 is 7.82 Å². The number of nitrogens with zero attached hydrogens (tertiary/aromatic N) is 1. The summed E-state index contributed by atoms with van der Waals surface area (Å²) in [4.78, 5) is 5.85. The van der Waals surface area contributed by atoms with Crippen molar-refractivity contribution >= 4 is 18.7 Å². The van der Waals surface area contributed by atoms with E-state index in [1.807, 2.05) is 12.1 Å². The number of hydrogen-bond donors (Lipinski definition) is 1. The van der Waals surface area contributed by atoms with Crippen LogP contribution in [0.2, 0.25) is 0 Å². The third-order valence-corrected chi connectivity index (χ3v) is 7.05. The first-order valence-corrected chi connectivity index (χ1v) is 12.0. The second-order valence-corrected chi connectivity index (χ2v) is 9.12. The van der Waals surface area contributed by atoms with Crippen LogP contribution in [0.15, 0.2) is 54.7 Å². The summed E-state index contributed by atoms with van der Waals surface area (Å²) in [7, 11) is -3.58. The summed E-state index contributed by atoms with van der Waals surface area (Å²) in [6.07, 6.45) is 3.20. The first-order valence-electron chi connectivity index (χ1n) is 10.6. The van der Waals surface area contributed by atoms with Gasteiger partial charge in [0.1, 0.15) is 5.75 Å². The smallest absolute Gasteiger partial charge is 0.404 e. The number of para-hydroxylation sites is 1. The quantitative estimate of drug-likeness (QED) is 0.442. The largest absolute Gasteiger partial charge is 0.530 e. The Morgan fingerprint density at radius 1 is 1.10 bits per heavy atom. The van der Waals surface area contributed by atoms with Gasteiger partial charge in [0.15, 0.2) is 0 Å². The molecule has 1 unspecified atom stereocenters. The summed E-state index contributed by atoms with van der Waals surface area (Å²) in [5, 5.41) is 1.29. The number of rotatable bonds is 9. The maximum atomic E-state index is 12.7. The van der Waals surface area contributed by atoms with E-state index in [1.165, 1.54) is 22.0 Å². The standard InChI is InChI=1S/C23H29N2O4P/c1-3-27-30(26,28-4-2)29-21-9-7-8-18(14-21)19-12-13-25(16-19)17-20-15-24-23-11-6-5-10-22(20)23/h5-11,14-15,19,24H,3-4,12-13,16-17H2,1-2H3. The number of likely N-dealkylation sites (tertiary alicyclic amines) is 1. The lowest BCUT2D eigenvalue weighted by Crippen LogP contribution is -2.19. The van der Waals surface area contributed by atoms with Gasteiger partial charge in [-0.1, -0.05) is 30.3 Å². The molecule has 7 heteroatoms. The maximum absolute atomic E-state index is 12.7. The Bertz CT molecular complexity index is 1020. The van der Waals surface area contributed by atoms with Crippen LogP contribution >= 0.6 is 7.82 Å². The van der Waals surface area contributed by atoms with Gasteiger partial charge in [-0.05, 0) is 62.1 Å². The number of hydrogen-bond acceptors (Lipinski definition) is 5. The van der Waals surface area contributed by atoms with Crippen LogP contribution in [0.5, 0.6) is 5.75 Å². The molecule has 1 aliphatic rings. The molecule has 1 aliphatic heterocycles. The number of fused-ring (bicyclic) bond motifs is 1. The lowest BCUT2D eigenvalue weighted by molar-refractivity contribution is 0.167. The highest BCUT2D eigenvalue weighted by Gasteiger charge is 2.29. The van der Waals surface area contributed by atoms with Crippen LogP contribution in [0.4, 0.5) is 0 Å². The molecule has 4 rings (SSSR count). The zero-order valence-corrected chi connectivity index (χ0v) is 18.4. The molecule has 1 aromatic heterocycles. The highest BCUT2D eigenvalue weighted by atomic mass is 31.2. The minimum atomic E-state index is -3.58. The lowest BCUT2D eigenvalue weighted by Gasteiger charge is -2.19. The number of H-pyrrole nitrogens is 1. The van der Waals surface area contributed by atoms with Gasteiger partial charge in [0, 0.05) is 30.2 Å². The number of nitrogens with one attached hydrogen (secondary N) is 1. The van der Waals surface area contributed by atoms with Crippen molar-refractivity contribution < 1.29 is 18.1 Å². The van der Waals surface area contributed by atoms with Crippen molar-refractivity contribution in [1.82, 2.24) is 9.88 Å². The van der Waals surface area contributed by atoms with Crippen LogP contribution in [0.3, 0.4) is 0 Å². The average molecular weight is 428 g/mol. The first-order chi connectivity index (χ1) is 14.6. The molecule has 30 heavy (non-hydrogen) atoms. The molecule has 0 spiro atoms. The van der Waals surface area contributed by atoms with Crippen molar-refractivity contribution in [3.63, 3.8) is 0 Å². The molecule has 160 valence electrons. The van der Waals surface area contributed by atoms with Gasteiger partial charge < -0.3 is 9.51 Å². The van der Waals surface area contributed by atoms with Crippen LogP contribution in [0, 0.1) is 0 Å². The zero-order valence-electron chi connectivity index (χ0n) is 17.5. The predicted octanol–water partition coefficient (Wildman–Crippen LogP) is 5.72. The number of phosphoric acid groups is 1. The second-order valence-electron chi connectivity index (χ2n) is 7.53. The molecule has 0 aliphatic carbocycles. The Labute approximate surface area is 177 Å². The van der Waals surface area contributed by atoms with Crippen molar-refractivity contribution in [1.29, 1.82) is 0 Å². The molecule has 0 bridgehead atoms. The summed E-state index contributed by atoms with van der Waals surface area (Å²) in [5.74, 6) is 0.935. The van der Waals surface area contributed by atoms with Crippen LogP contribution in [0.25, 0.3) is 10.9 Å². The van der Waals surface area contributed by atoms with Gasteiger partial charge in [0.2, 0.25) is 0 Å². The minimum Gasteiger partial charge on any atom is -0.404 e. The van der Waals surface area contributed by atoms with E-state index in [0.717, 1.165) is 26.1 Å². The van der Waals surface area contributed by atoms with Gasteiger partial charge >= 0.3 is 7.82 Å². The van der Waals surface area contributed by atoms with Crippen LogP contribution in [0.1, 0.15) is 37.3 Å². The van der Waals surface area contributed by atoms with E-state index in [0.29, 0.717) is 11.7 Å². The molecule has 1 atom stereocenters. The highest BCUT2D eigenvalue weighted by molar-refractivity contribution is 7.48. The van der Waals surface area contributed by atoms with Crippen LogP contribution in [-0.2, 0) is 20.2 Å². The first kappa shape index (κ1) is 21.1. The Hall–Kier alpha value is -2.11. The van der Waals surface area contributed by atoms with Crippen molar-refractivity contribution in [2.75, 3.05) is 26.3 Å². The highest BCUT2D eigenvalue weighted by Crippen LogP contribution is 2.49. The molecule has 1 fully saturated rings. The Morgan fingerprint density at radius 3 is 2.70 bits per heavy atom. The zero-order chi connectivity index (χ0) is 21.0. The molecule has 1 saturated heterocycles. The SMILES string of the molecule is CCOP(=O)(OCC)Oc1cccc(C2CCN(Cc3c[nH]c4ccccc34)C2)c1. The summed E-state index contributed by atoms with van der Waals surface area (Å²) >= 11 is 0. The fraction of sp³-hybridized carbons (Fsp3) is 0.391. The van der Waals surface area contributed by atoms with Gasteiger partial charge in [0.05, 0.1) is 13.2 Å². The number of aromatic nitrogens is 1. The van der Waals surface area contributed by atoms with E-state index in [9.17, 15) is 4.57 Å². The third-order valence-electron chi connectivity index (χ3n) is 5.46. The molecular weight excluding hydrogens is 399 g/mol. The van der Waals surface area contributed by atoms with E-state index in [-0.39, 0.29) is 13.2 Å². The summed E-state index contributed by atoms with van der Waals surface area (Å²) < 4.78 is 28.8. The molecule has 0 radical (unpaired) electrons. The van der Waals surface area contributed by atoms with Crippen LogP contribution < -0.4 is 4.52 Å². The normalized spacial score (nSPS) is 17.6. The maximum Gasteiger partial charge on any atom is 0.530 e. The Balaban J connectivity index is 1.43. The molecule has 1 N–H and O–H groups in total. The van der Waals surface area contributed by atoms with E-state index in [4.69, 9.17) is 13.6 Å². The molecule has 2 heterocycles. The van der Waals surface area contributed by atoms with Gasteiger partial charge in [-0.3, -0.25) is 13.9 Å². The van der Waals surface area contributed by atoms with E-state index >= 15 is 0 Å². The molecular formula is C23H29N2O4P. The molecule has 2 aromatic carbocycles. The molecule has 0 amide bonds. The van der Waals surface area contributed by atoms with Crippen molar-refractivity contribution in [2.24, 2.45) is 0 Å². The van der Waals surface area contributed by atoms with Gasteiger partial charge in [-0.15, -0.1) is 0 Å². The van der Waals surface area contributed by atoms with Gasteiger partial charge in [-0.25, -0.2) is 4.57 Å². The van der Waals surface area contributed by atoms with E-state index in [2.05, 4.69) is 46.4 Å². The Morgan fingerprint density at radius 2 is 1.90 bits per heavy atom. The summed E-state index contributed by atoms with van der Waals surface area (Å²) in [6.45, 7) is 7.03. The Kier molecular flexibility index (Phi) is 6.59. The topological polar surface area (TPSA) is 63.8 Å². The number of phosphoric ester groups is 1. The summed E-state index contributed by atoms with van der Waals surface area (Å²) in [5.41, 5.74) is 3.70. The van der Waals surface area contributed by atoms with Gasteiger partial charge in [0.25, 0.3) is 0 Å². The predicted molar refractivity (Wildman–Crippen MR) is 119 cm³/mol. The van der Waals surface area contributed by atoms with Gasteiger partial charge in [-0.2, -0.15) is 0 Å². The summed E-state index contributed by atoms with van der Waals surface area (Å²) in [6, 6.07) is 16.2. The second kappa shape index (κ2) is 9.36. The fourth-order valence-corrected chi connectivity index (χ4v) is 5.30.